The van der Waals surface area contributed by atoms with Gasteiger partial charge in [0, 0.05) is 11.4 Å². The zero-order valence-corrected chi connectivity index (χ0v) is 10.2. The molecule has 0 unspecified atom stereocenters. The van der Waals surface area contributed by atoms with Crippen molar-refractivity contribution in [3.63, 3.8) is 0 Å². The number of rotatable bonds is 1. The zero-order valence-electron chi connectivity index (χ0n) is 9.41. The van der Waals surface area contributed by atoms with Crippen molar-refractivity contribution in [2.45, 2.75) is 17.5 Å². The van der Waals surface area contributed by atoms with Crippen LogP contribution in [0.2, 0.25) is 0 Å². The molecule has 1 heterocycles. The monoisotopic (exact) mass is 277 g/mol. The van der Waals surface area contributed by atoms with E-state index < -0.39 is 17.8 Å². The number of nitrogens with zero attached hydrogens (tertiary/aromatic N) is 1. The Morgan fingerprint density at radius 1 is 1.44 bits per heavy atom. The third kappa shape index (κ3) is 2.14. The first-order valence-electron chi connectivity index (χ1n) is 5.13. The molecule has 1 N–H and O–H groups in total. The molecule has 7 heteroatoms. The molecule has 0 saturated heterocycles. The Bertz CT molecular complexity index is 502. The summed E-state index contributed by atoms with van der Waals surface area (Å²) in [7, 11) is 0. The molecular formula is C11H10F3NO2S. The van der Waals surface area contributed by atoms with Crippen molar-refractivity contribution >= 4 is 23.5 Å². The number of anilines is 1. The van der Waals surface area contributed by atoms with Gasteiger partial charge in [0.25, 0.3) is 0 Å². The highest BCUT2D eigenvalue weighted by molar-refractivity contribution is 7.98. The van der Waals surface area contributed by atoms with Crippen molar-refractivity contribution in [3.8, 4) is 0 Å². The van der Waals surface area contributed by atoms with Gasteiger partial charge in [0.05, 0.1) is 11.3 Å². The van der Waals surface area contributed by atoms with Gasteiger partial charge in [-0.15, -0.1) is 11.8 Å². The highest BCUT2D eigenvalue weighted by Crippen LogP contribution is 2.41. The smallest absolute Gasteiger partial charge is 0.417 e. The van der Waals surface area contributed by atoms with E-state index in [9.17, 15) is 18.0 Å². The zero-order chi connectivity index (χ0) is 13.5. The molecule has 3 nitrogen and oxygen atoms in total. The van der Waals surface area contributed by atoms with E-state index in [-0.39, 0.29) is 17.1 Å². The Kier molecular flexibility index (Phi) is 3.18. The van der Waals surface area contributed by atoms with Crippen LogP contribution in [0.5, 0.6) is 0 Å². The van der Waals surface area contributed by atoms with Crippen LogP contribution in [-0.2, 0) is 12.6 Å². The maximum atomic E-state index is 12.9. The molecule has 1 aromatic rings. The van der Waals surface area contributed by atoms with Crippen LogP contribution in [0, 0.1) is 0 Å². The highest BCUT2D eigenvalue weighted by Gasteiger charge is 2.36. The lowest BCUT2D eigenvalue weighted by Crippen LogP contribution is -2.26. The molecule has 0 bridgehead atoms. The van der Waals surface area contributed by atoms with Crippen LogP contribution in [0.1, 0.15) is 11.1 Å². The molecule has 0 atom stereocenters. The van der Waals surface area contributed by atoms with Gasteiger partial charge in [0.15, 0.2) is 0 Å². The SMILES string of the molecule is CSc1cc2c(cc1C(F)(F)F)N(C(=O)O)CC2. The summed E-state index contributed by atoms with van der Waals surface area (Å²) >= 11 is 1.01. The molecule has 18 heavy (non-hydrogen) atoms. The second kappa shape index (κ2) is 4.38. The summed E-state index contributed by atoms with van der Waals surface area (Å²) in [6.45, 7) is 0.208. The predicted octanol–water partition coefficient (Wildman–Crippen LogP) is 3.47. The number of amides is 1. The van der Waals surface area contributed by atoms with Crippen molar-refractivity contribution in [2.24, 2.45) is 0 Å². The largest absolute Gasteiger partial charge is 0.465 e. The van der Waals surface area contributed by atoms with E-state index in [0.29, 0.717) is 12.0 Å². The van der Waals surface area contributed by atoms with Crippen LogP contribution in [0.3, 0.4) is 0 Å². The normalized spacial score (nSPS) is 14.8. The summed E-state index contributed by atoms with van der Waals surface area (Å²) in [4.78, 5) is 12.0. The lowest BCUT2D eigenvalue weighted by atomic mass is 10.1. The highest BCUT2D eigenvalue weighted by atomic mass is 32.2. The van der Waals surface area contributed by atoms with Crippen LogP contribution in [-0.4, -0.2) is 24.0 Å². The maximum absolute atomic E-state index is 12.9. The molecule has 1 amide bonds. The van der Waals surface area contributed by atoms with Gasteiger partial charge in [0.1, 0.15) is 0 Å². The Hall–Kier alpha value is -1.37. The molecular weight excluding hydrogens is 267 g/mol. The van der Waals surface area contributed by atoms with Crippen LogP contribution in [0.25, 0.3) is 0 Å². The van der Waals surface area contributed by atoms with E-state index in [4.69, 9.17) is 5.11 Å². The van der Waals surface area contributed by atoms with Crippen molar-refractivity contribution in [3.05, 3.63) is 23.3 Å². The third-order valence-corrected chi connectivity index (χ3v) is 3.61. The number of carbonyl (C=O) groups is 1. The standard InChI is InChI=1S/C11H10F3NO2S/c1-18-9-4-6-2-3-15(10(16)17)8(6)5-7(9)11(12,13)14/h4-5H,2-3H2,1H3,(H,16,17). The summed E-state index contributed by atoms with van der Waals surface area (Å²) in [6.07, 6.45) is -3.67. The van der Waals surface area contributed by atoms with Gasteiger partial charge in [-0.1, -0.05) is 0 Å². The van der Waals surface area contributed by atoms with Crippen molar-refractivity contribution in [1.82, 2.24) is 0 Å². The molecule has 1 aromatic carbocycles. The molecule has 1 aliphatic heterocycles. The molecule has 0 aliphatic carbocycles. The Morgan fingerprint density at radius 3 is 2.61 bits per heavy atom. The number of hydrogen-bond donors (Lipinski definition) is 1. The first kappa shape index (κ1) is 13.1. The van der Waals surface area contributed by atoms with E-state index in [0.717, 1.165) is 22.7 Å². The minimum atomic E-state index is -4.47. The van der Waals surface area contributed by atoms with E-state index in [2.05, 4.69) is 0 Å². The average Bonchev–Trinajstić information content (AvgIpc) is 2.68. The molecule has 0 radical (unpaired) electrons. The molecule has 0 fully saturated rings. The Labute approximate surface area is 106 Å². The Morgan fingerprint density at radius 2 is 2.11 bits per heavy atom. The summed E-state index contributed by atoms with van der Waals surface area (Å²) in [5.74, 6) is 0. The summed E-state index contributed by atoms with van der Waals surface area (Å²) in [5.41, 5.74) is 0.0178. The number of benzene rings is 1. The van der Waals surface area contributed by atoms with Crippen LogP contribution >= 0.6 is 11.8 Å². The van der Waals surface area contributed by atoms with Crippen molar-refractivity contribution in [1.29, 1.82) is 0 Å². The fourth-order valence-electron chi connectivity index (χ4n) is 2.00. The van der Waals surface area contributed by atoms with Gasteiger partial charge in [-0.05, 0) is 30.4 Å². The molecule has 0 saturated carbocycles. The van der Waals surface area contributed by atoms with Gasteiger partial charge in [-0.25, -0.2) is 4.79 Å². The van der Waals surface area contributed by atoms with E-state index in [1.165, 1.54) is 6.07 Å². The summed E-state index contributed by atoms with van der Waals surface area (Å²) in [5, 5.41) is 8.92. The number of halogens is 3. The van der Waals surface area contributed by atoms with Gasteiger partial charge in [-0.3, -0.25) is 4.90 Å². The van der Waals surface area contributed by atoms with Crippen molar-refractivity contribution in [2.75, 3.05) is 17.7 Å². The van der Waals surface area contributed by atoms with Gasteiger partial charge in [-0.2, -0.15) is 13.2 Å². The van der Waals surface area contributed by atoms with Crippen molar-refractivity contribution < 1.29 is 23.1 Å². The molecule has 2 rings (SSSR count). The van der Waals surface area contributed by atoms with Gasteiger partial charge in [0.2, 0.25) is 0 Å². The quantitative estimate of drug-likeness (QED) is 0.799. The fourth-order valence-corrected chi connectivity index (χ4v) is 2.66. The first-order chi connectivity index (χ1) is 8.34. The third-order valence-electron chi connectivity index (χ3n) is 2.83. The molecule has 1 aliphatic rings. The lowest BCUT2D eigenvalue weighted by molar-refractivity contribution is -0.139. The number of carboxylic acid groups (broad SMARTS) is 1. The fraction of sp³-hybridized carbons (Fsp3) is 0.364. The second-order valence-corrected chi connectivity index (χ2v) is 4.71. The Balaban J connectivity index is 2.57. The van der Waals surface area contributed by atoms with E-state index >= 15 is 0 Å². The van der Waals surface area contributed by atoms with Crippen LogP contribution in [0.4, 0.5) is 23.7 Å². The van der Waals surface area contributed by atoms with E-state index in [1.54, 1.807) is 6.26 Å². The number of hydrogen-bond acceptors (Lipinski definition) is 2. The van der Waals surface area contributed by atoms with Crippen LogP contribution < -0.4 is 4.90 Å². The average molecular weight is 277 g/mol. The number of thioether (sulfide) groups is 1. The van der Waals surface area contributed by atoms with E-state index in [1.807, 2.05) is 0 Å². The van der Waals surface area contributed by atoms with Gasteiger partial charge < -0.3 is 5.11 Å². The second-order valence-electron chi connectivity index (χ2n) is 3.86. The number of fused-ring (bicyclic) bond motifs is 1. The predicted molar refractivity (Wildman–Crippen MR) is 62.3 cm³/mol. The summed E-state index contributed by atoms with van der Waals surface area (Å²) in [6, 6.07) is 2.37. The topological polar surface area (TPSA) is 40.5 Å². The molecule has 0 aromatic heterocycles. The minimum absolute atomic E-state index is 0.133. The lowest BCUT2D eigenvalue weighted by Gasteiger charge is -2.17. The summed E-state index contributed by atoms with van der Waals surface area (Å²) < 4.78 is 38.6. The maximum Gasteiger partial charge on any atom is 0.417 e. The first-order valence-corrected chi connectivity index (χ1v) is 6.35. The molecule has 98 valence electrons. The molecule has 0 spiro atoms. The number of alkyl halides is 3. The van der Waals surface area contributed by atoms with Crippen LogP contribution in [0.15, 0.2) is 17.0 Å². The van der Waals surface area contributed by atoms with Gasteiger partial charge >= 0.3 is 12.3 Å². The minimum Gasteiger partial charge on any atom is -0.465 e.